The summed E-state index contributed by atoms with van der Waals surface area (Å²) in [6.07, 6.45) is -2.60. The van der Waals surface area contributed by atoms with Gasteiger partial charge in [-0.15, -0.1) is 0 Å². The van der Waals surface area contributed by atoms with Gasteiger partial charge in [-0.3, -0.25) is 9.69 Å². The van der Waals surface area contributed by atoms with Gasteiger partial charge in [-0.25, -0.2) is 4.98 Å². The van der Waals surface area contributed by atoms with Gasteiger partial charge in [0.2, 0.25) is 5.89 Å². The maximum atomic E-state index is 13.2. The zero-order chi connectivity index (χ0) is 25.4. The molecule has 10 heteroatoms. The third kappa shape index (κ3) is 6.16. The first-order chi connectivity index (χ1) is 16.4. The van der Waals surface area contributed by atoms with Crippen molar-refractivity contribution >= 4 is 5.91 Å². The predicted octanol–water partition coefficient (Wildman–Crippen LogP) is 4.69. The third-order valence-electron chi connectivity index (χ3n) is 6.39. The number of oxazole rings is 1. The van der Waals surface area contributed by atoms with Gasteiger partial charge in [0.25, 0.3) is 5.91 Å². The minimum absolute atomic E-state index is 0.0325. The van der Waals surface area contributed by atoms with Crippen molar-refractivity contribution in [3.8, 4) is 5.75 Å². The van der Waals surface area contributed by atoms with Crippen LogP contribution < -0.4 is 4.74 Å². The number of likely N-dealkylation sites (tertiary alicyclic amines) is 1. The number of halogens is 3. The molecule has 2 saturated heterocycles. The van der Waals surface area contributed by atoms with Crippen LogP contribution in [0.1, 0.15) is 60.4 Å². The van der Waals surface area contributed by atoms with Gasteiger partial charge in [0.15, 0.2) is 0 Å². The minimum Gasteiger partial charge on any atom is -0.491 e. The van der Waals surface area contributed by atoms with E-state index in [0.29, 0.717) is 37.3 Å². The first-order valence-electron chi connectivity index (χ1n) is 11.9. The maximum absolute atomic E-state index is 13.2. The Bertz CT molecular complexity index is 1040. The van der Waals surface area contributed by atoms with Crippen LogP contribution in [-0.4, -0.2) is 71.3 Å². The molecule has 192 valence electrons. The number of piperidine rings is 1. The number of carbonyl (C=O) groups is 1. The minimum atomic E-state index is -4.32. The molecule has 2 aliphatic heterocycles. The molecule has 2 fully saturated rings. The molecule has 1 unspecified atom stereocenters. The van der Waals surface area contributed by atoms with Gasteiger partial charge in [-0.2, -0.15) is 13.2 Å². The first kappa shape index (κ1) is 25.5. The SMILES string of the molecule is Cc1cnc(C2CN(CC(F)(F)F)CC3(CCN(C(=O)c4ccc(OC(C)C)c(C)c4)CC3)O2)o1. The Balaban J connectivity index is 1.46. The topological polar surface area (TPSA) is 68.0 Å². The van der Waals surface area contributed by atoms with Crippen molar-refractivity contribution in [2.75, 3.05) is 32.7 Å². The standard InChI is InChI=1S/C25H32F3N3O4/c1-16(2)33-20-6-5-19(11-17(20)3)23(32)31-9-7-24(8-10-31)14-30(15-25(26,27)28)13-21(35-24)22-29-12-18(4)34-22/h5-6,11-12,16,21H,7-10,13-15H2,1-4H3. The second-order valence-electron chi connectivity index (χ2n) is 9.82. The molecule has 0 aliphatic carbocycles. The van der Waals surface area contributed by atoms with Crippen LogP contribution in [0.5, 0.6) is 5.75 Å². The lowest BCUT2D eigenvalue weighted by atomic mass is 9.88. The number of alkyl halides is 3. The number of carbonyl (C=O) groups excluding carboxylic acids is 1. The van der Waals surface area contributed by atoms with Crippen LogP contribution in [-0.2, 0) is 4.74 Å². The Morgan fingerprint density at radius 2 is 1.97 bits per heavy atom. The van der Waals surface area contributed by atoms with Gasteiger partial charge in [0.05, 0.1) is 24.4 Å². The van der Waals surface area contributed by atoms with Gasteiger partial charge < -0.3 is 18.8 Å². The van der Waals surface area contributed by atoms with E-state index >= 15 is 0 Å². The summed E-state index contributed by atoms with van der Waals surface area (Å²) >= 11 is 0. The van der Waals surface area contributed by atoms with Crippen LogP contribution in [0.15, 0.2) is 28.8 Å². The monoisotopic (exact) mass is 495 g/mol. The summed E-state index contributed by atoms with van der Waals surface area (Å²) in [5, 5.41) is 0. The molecule has 2 aromatic rings. The van der Waals surface area contributed by atoms with Gasteiger partial charge in [-0.05, 0) is 64.3 Å². The normalized spacial score (nSPS) is 21.0. The highest BCUT2D eigenvalue weighted by atomic mass is 19.4. The highest BCUT2D eigenvalue weighted by Crippen LogP contribution is 2.39. The van der Waals surface area contributed by atoms with Crippen LogP contribution >= 0.6 is 0 Å². The van der Waals surface area contributed by atoms with E-state index in [9.17, 15) is 18.0 Å². The lowest BCUT2D eigenvalue weighted by Gasteiger charge is -2.49. The number of amides is 1. The van der Waals surface area contributed by atoms with Crippen molar-refractivity contribution in [1.29, 1.82) is 0 Å². The molecule has 0 saturated carbocycles. The smallest absolute Gasteiger partial charge is 0.401 e. The molecular formula is C25H32F3N3O4. The van der Waals surface area contributed by atoms with E-state index < -0.39 is 24.4 Å². The number of hydrogen-bond donors (Lipinski definition) is 0. The van der Waals surface area contributed by atoms with Crippen LogP contribution in [0.25, 0.3) is 0 Å². The van der Waals surface area contributed by atoms with E-state index in [1.807, 2.05) is 26.8 Å². The zero-order valence-electron chi connectivity index (χ0n) is 20.5. The molecule has 35 heavy (non-hydrogen) atoms. The molecular weight excluding hydrogens is 463 g/mol. The highest BCUT2D eigenvalue weighted by Gasteiger charge is 2.47. The predicted molar refractivity (Wildman–Crippen MR) is 122 cm³/mol. The van der Waals surface area contributed by atoms with Crippen LogP contribution in [0.4, 0.5) is 13.2 Å². The fourth-order valence-electron chi connectivity index (χ4n) is 4.85. The average molecular weight is 496 g/mol. The summed E-state index contributed by atoms with van der Waals surface area (Å²) in [4.78, 5) is 20.4. The van der Waals surface area contributed by atoms with E-state index in [4.69, 9.17) is 13.9 Å². The Morgan fingerprint density at radius 3 is 2.54 bits per heavy atom. The first-order valence-corrected chi connectivity index (χ1v) is 11.9. The number of benzene rings is 1. The van der Waals surface area contributed by atoms with Crippen molar-refractivity contribution in [2.45, 2.75) is 64.5 Å². The maximum Gasteiger partial charge on any atom is 0.401 e. The van der Waals surface area contributed by atoms with Gasteiger partial charge >= 0.3 is 6.18 Å². The number of aryl methyl sites for hydroxylation is 2. The summed E-state index contributed by atoms with van der Waals surface area (Å²) in [5.74, 6) is 1.49. The Kier molecular flexibility index (Phi) is 7.15. The molecule has 0 N–H and O–H groups in total. The van der Waals surface area contributed by atoms with E-state index in [0.717, 1.165) is 11.3 Å². The van der Waals surface area contributed by atoms with Crippen molar-refractivity contribution in [3.63, 3.8) is 0 Å². The number of aromatic nitrogens is 1. The van der Waals surface area contributed by atoms with Gasteiger partial charge in [0.1, 0.15) is 17.6 Å². The molecule has 7 nitrogen and oxygen atoms in total. The molecule has 1 atom stereocenters. The van der Waals surface area contributed by atoms with Crippen LogP contribution in [0.3, 0.4) is 0 Å². The zero-order valence-corrected chi connectivity index (χ0v) is 20.5. The molecule has 3 heterocycles. The summed E-state index contributed by atoms with van der Waals surface area (Å²) in [6.45, 7) is 7.46. The molecule has 0 radical (unpaired) electrons. The van der Waals surface area contributed by atoms with Gasteiger partial charge in [-0.1, -0.05) is 0 Å². The lowest BCUT2D eigenvalue weighted by molar-refractivity contribution is -0.210. The summed E-state index contributed by atoms with van der Waals surface area (Å²) in [7, 11) is 0. The van der Waals surface area contributed by atoms with Crippen molar-refractivity contribution in [3.05, 3.63) is 47.2 Å². The highest BCUT2D eigenvalue weighted by molar-refractivity contribution is 5.94. The average Bonchev–Trinajstić information content (AvgIpc) is 3.20. The molecule has 0 bridgehead atoms. The summed E-state index contributed by atoms with van der Waals surface area (Å²) in [5.41, 5.74) is 0.629. The van der Waals surface area contributed by atoms with E-state index in [1.54, 1.807) is 24.0 Å². The van der Waals surface area contributed by atoms with E-state index in [-0.39, 0.29) is 31.0 Å². The molecule has 1 spiro atoms. The molecule has 1 aromatic carbocycles. The Morgan fingerprint density at radius 1 is 1.26 bits per heavy atom. The largest absolute Gasteiger partial charge is 0.491 e. The number of morpholine rings is 1. The summed E-state index contributed by atoms with van der Waals surface area (Å²) in [6, 6.07) is 5.37. The molecule has 1 amide bonds. The number of rotatable bonds is 5. The van der Waals surface area contributed by atoms with E-state index in [1.165, 1.54) is 11.1 Å². The fourth-order valence-corrected chi connectivity index (χ4v) is 4.85. The summed E-state index contributed by atoms with van der Waals surface area (Å²) < 4.78 is 57.4. The second kappa shape index (κ2) is 9.81. The van der Waals surface area contributed by atoms with E-state index in [2.05, 4.69) is 4.98 Å². The molecule has 1 aromatic heterocycles. The third-order valence-corrected chi connectivity index (χ3v) is 6.39. The Labute approximate surface area is 203 Å². The van der Waals surface area contributed by atoms with Crippen molar-refractivity contribution in [1.82, 2.24) is 14.8 Å². The molecule has 4 rings (SSSR count). The van der Waals surface area contributed by atoms with Crippen molar-refractivity contribution < 1.29 is 31.9 Å². The van der Waals surface area contributed by atoms with Crippen LogP contribution in [0.2, 0.25) is 0 Å². The quantitative estimate of drug-likeness (QED) is 0.600. The number of hydrogen-bond acceptors (Lipinski definition) is 6. The van der Waals surface area contributed by atoms with Gasteiger partial charge in [0, 0.05) is 31.7 Å². The second-order valence-corrected chi connectivity index (χ2v) is 9.82. The lowest BCUT2D eigenvalue weighted by Crippen LogP contribution is -2.59. The fraction of sp³-hybridized carbons (Fsp3) is 0.600. The number of ether oxygens (including phenoxy) is 2. The number of nitrogens with zero attached hydrogens (tertiary/aromatic N) is 3. The van der Waals surface area contributed by atoms with Crippen LogP contribution in [0, 0.1) is 13.8 Å². The molecule has 2 aliphatic rings. The van der Waals surface area contributed by atoms with Crippen molar-refractivity contribution in [2.24, 2.45) is 0 Å². The Hall–Kier alpha value is -2.59.